The molecule has 2 N–H and O–H groups in total. The quantitative estimate of drug-likeness (QED) is 0.805. The van der Waals surface area contributed by atoms with Crippen LogP contribution in [0.5, 0.6) is 0 Å². The fraction of sp³-hybridized carbons (Fsp3) is 0.438. The summed E-state index contributed by atoms with van der Waals surface area (Å²) in [6, 6.07) is 5.51. The zero-order valence-corrected chi connectivity index (χ0v) is 12.7. The van der Waals surface area contributed by atoms with Crippen molar-refractivity contribution in [2.24, 2.45) is 11.7 Å². The Labute approximate surface area is 133 Å². The number of hydrogen-bond donors (Lipinski definition) is 1. The number of likely N-dealkylation sites (tertiary alicyclic amines) is 1. The van der Waals surface area contributed by atoms with Crippen LogP contribution >= 0.6 is 0 Å². The molecule has 2 amide bonds. The third-order valence-corrected chi connectivity index (χ3v) is 3.87. The van der Waals surface area contributed by atoms with Gasteiger partial charge in [0.15, 0.2) is 6.61 Å². The van der Waals surface area contributed by atoms with Gasteiger partial charge < -0.3 is 15.4 Å². The van der Waals surface area contributed by atoms with Crippen molar-refractivity contribution in [3.05, 3.63) is 35.6 Å². The van der Waals surface area contributed by atoms with Gasteiger partial charge in [0.1, 0.15) is 5.82 Å². The SMILES string of the molecule is NC(=O)C1CCN(C(=O)COC(=O)Cc2ccc(F)cc2)CC1. The summed E-state index contributed by atoms with van der Waals surface area (Å²) < 4.78 is 17.7. The van der Waals surface area contributed by atoms with Crippen LogP contribution in [0.2, 0.25) is 0 Å². The number of esters is 1. The first-order chi connectivity index (χ1) is 11.0. The molecular weight excluding hydrogens is 303 g/mol. The highest BCUT2D eigenvalue weighted by Crippen LogP contribution is 2.16. The number of ether oxygens (including phenoxy) is 1. The zero-order chi connectivity index (χ0) is 16.8. The van der Waals surface area contributed by atoms with Gasteiger partial charge in [-0.3, -0.25) is 14.4 Å². The minimum Gasteiger partial charge on any atom is -0.455 e. The molecule has 1 aromatic carbocycles. The molecule has 1 fully saturated rings. The Balaban J connectivity index is 1.73. The van der Waals surface area contributed by atoms with Crippen molar-refractivity contribution < 1.29 is 23.5 Å². The first-order valence-electron chi connectivity index (χ1n) is 7.43. The van der Waals surface area contributed by atoms with Crippen molar-refractivity contribution in [1.82, 2.24) is 4.90 Å². The maximum absolute atomic E-state index is 12.8. The molecule has 6 nitrogen and oxygen atoms in total. The van der Waals surface area contributed by atoms with Gasteiger partial charge in [-0.2, -0.15) is 0 Å². The fourth-order valence-electron chi connectivity index (χ4n) is 2.47. The van der Waals surface area contributed by atoms with Crippen molar-refractivity contribution in [3.8, 4) is 0 Å². The van der Waals surface area contributed by atoms with E-state index in [9.17, 15) is 18.8 Å². The number of piperidine rings is 1. The summed E-state index contributed by atoms with van der Waals surface area (Å²) in [5.74, 6) is -1.75. The van der Waals surface area contributed by atoms with Crippen LogP contribution in [0.4, 0.5) is 4.39 Å². The van der Waals surface area contributed by atoms with Crippen molar-refractivity contribution in [2.45, 2.75) is 19.3 Å². The number of nitrogens with two attached hydrogens (primary N) is 1. The second-order valence-electron chi connectivity index (χ2n) is 5.52. The van der Waals surface area contributed by atoms with E-state index in [-0.39, 0.29) is 36.6 Å². The van der Waals surface area contributed by atoms with E-state index in [0.717, 1.165) is 0 Å². The monoisotopic (exact) mass is 322 g/mol. The van der Waals surface area contributed by atoms with Gasteiger partial charge in [0, 0.05) is 19.0 Å². The molecule has 7 heteroatoms. The number of primary amides is 1. The zero-order valence-electron chi connectivity index (χ0n) is 12.7. The summed E-state index contributed by atoms with van der Waals surface area (Å²) >= 11 is 0. The van der Waals surface area contributed by atoms with E-state index in [0.29, 0.717) is 31.5 Å². The molecule has 1 heterocycles. The number of carbonyl (C=O) groups is 3. The first-order valence-corrected chi connectivity index (χ1v) is 7.43. The standard InChI is InChI=1S/C16H19FN2O4/c17-13-3-1-11(2-4-13)9-15(21)23-10-14(20)19-7-5-12(6-8-19)16(18)22/h1-4,12H,5-10H2,(H2,18,22). The molecule has 0 radical (unpaired) electrons. The van der Waals surface area contributed by atoms with Crippen molar-refractivity contribution in [2.75, 3.05) is 19.7 Å². The summed E-state index contributed by atoms with van der Waals surface area (Å²) in [6.07, 6.45) is 1.05. The van der Waals surface area contributed by atoms with Crippen molar-refractivity contribution in [3.63, 3.8) is 0 Å². The minimum atomic E-state index is -0.544. The molecule has 1 aliphatic rings. The molecule has 0 saturated carbocycles. The van der Waals surface area contributed by atoms with Gasteiger partial charge in [0.05, 0.1) is 6.42 Å². The number of halogens is 1. The lowest BCUT2D eigenvalue weighted by Crippen LogP contribution is -2.43. The van der Waals surface area contributed by atoms with E-state index in [2.05, 4.69) is 0 Å². The van der Waals surface area contributed by atoms with E-state index in [4.69, 9.17) is 10.5 Å². The Bertz CT molecular complexity index is 580. The molecule has 0 aromatic heterocycles. The average molecular weight is 322 g/mol. The van der Waals surface area contributed by atoms with Crippen LogP contribution in [-0.2, 0) is 25.5 Å². The maximum atomic E-state index is 12.8. The highest BCUT2D eigenvalue weighted by atomic mass is 19.1. The topological polar surface area (TPSA) is 89.7 Å². The molecular formula is C16H19FN2O4. The lowest BCUT2D eigenvalue weighted by Gasteiger charge is -2.30. The van der Waals surface area contributed by atoms with Crippen LogP contribution in [0, 0.1) is 11.7 Å². The summed E-state index contributed by atoms with van der Waals surface area (Å²) in [4.78, 5) is 36.3. The Morgan fingerprint density at radius 1 is 1.17 bits per heavy atom. The number of rotatable bonds is 5. The van der Waals surface area contributed by atoms with Gasteiger partial charge in [-0.05, 0) is 30.5 Å². The number of nitrogens with zero attached hydrogens (tertiary/aromatic N) is 1. The Kier molecular flexibility index (Phi) is 5.67. The number of carbonyl (C=O) groups excluding carboxylic acids is 3. The van der Waals surface area contributed by atoms with Crippen LogP contribution in [0.15, 0.2) is 24.3 Å². The molecule has 1 aliphatic heterocycles. The lowest BCUT2D eigenvalue weighted by molar-refractivity contribution is -0.152. The van der Waals surface area contributed by atoms with Crippen LogP contribution in [0.1, 0.15) is 18.4 Å². The maximum Gasteiger partial charge on any atom is 0.310 e. The van der Waals surface area contributed by atoms with Gasteiger partial charge in [-0.15, -0.1) is 0 Å². The second-order valence-corrected chi connectivity index (χ2v) is 5.52. The largest absolute Gasteiger partial charge is 0.455 e. The van der Waals surface area contributed by atoms with Crippen molar-refractivity contribution in [1.29, 1.82) is 0 Å². The highest BCUT2D eigenvalue weighted by Gasteiger charge is 2.26. The molecule has 124 valence electrons. The molecule has 0 spiro atoms. The first kappa shape index (κ1) is 16.9. The Hall–Kier alpha value is -2.44. The molecule has 1 saturated heterocycles. The summed E-state index contributed by atoms with van der Waals surface area (Å²) in [5.41, 5.74) is 5.85. The molecule has 0 unspecified atom stereocenters. The highest BCUT2D eigenvalue weighted by molar-refractivity contribution is 5.82. The molecule has 2 rings (SSSR count). The third kappa shape index (κ3) is 5.05. The molecule has 1 aromatic rings. The third-order valence-electron chi connectivity index (χ3n) is 3.87. The van der Waals surface area contributed by atoms with Crippen LogP contribution in [0.25, 0.3) is 0 Å². The minimum absolute atomic E-state index is 0.0166. The molecule has 0 bridgehead atoms. The normalized spacial score (nSPS) is 15.3. The number of amides is 2. The fourth-order valence-corrected chi connectivity index (χ4v) is 2.47. The van der Waals surface area contributed by atoms with Gasteiger partial charge in [-0.1, -0.05) is 12.1 Å². The van der Waals surface area contributed by atoms with Gasteiger partial charge >= 0.3 is 5.97 Å². The van der Waals surface area contributed by atoms with Crippen LogP contribution < -0.4 is 5.73 Å². The summed E-state index contributed by atoms with van der Waals surface area (Å²) in [6.45, 7) is 0.533. The summed E-state index contributed by atoms with van der Waals surface area (Å²) in [5, 5.41) is 0. The lowest BCUT2D eigenvalue weighted by atomic mass is 9.96. The number of hydrogen-bond acceptors (Lipinski definition) is 4. The van der Waals surface area contributed by atoms with E-state index in [1.165, 1.54) is 24.3 Å². The summed E-state index contributed by atoms with van der Waals surface area (Å²) in [7, 11) is 0. The molecule has 23 heavy (non-hydrogen) atoms. The smallest absolute Gasteiger partial charge is 0.310 e. The van der Waals surface area contributed by atoms with Crippen LogP contribution in [0.3, 0.4) is 0 Å². The Morgan fingerprint density at radius 3 is 2.35 bits per heavy atom. The van der Waals surface area contributed by atoms with Crippen molar-refractivity contribution >= 4 is 17.8 Å². The Morgan fingerprint density at radius 2 is 1.78 bits per heavy atom. The van der Waals surface area contributed by atoms with E-state index < -0.39 is 5.97 Å². The second kappa shape index (κ2) is 7.71. The molecule has 0 aliphatic carbocycles. The predicted molar refractivity (Wildman–Crippen MR) is 79.6 cm³/mol. The van der Waals surface area contributed by atoms with Crippen LogP contribution in [-0.4, -0.2) is 42.4 Å². The number of benzene rings is 1. The van der Waals surface area contributed by atoms with E-state index in [1.807, 2.05) is 0 Å². The predicted octanol–water partition coefficient (Wildman–Crippen LogP) is 0.635. The van der Waals surface area contributed by atoms with Gasteiger partial charge in [-0.25, -0.2) is 4.39 Å². The van der Waals surface area contributed by atoms with Gasteiger partial charge in [0.25, 0.3) is 5.91 Å². The van der Waals surface area contributed by atoms with E-state index >= 15 is 0 Å². The average Bonchev–Trinajstić information content (AvgIpc) is 2.55. The van der Waals surface area contributed by atoms with E-state index in [1.54, 1.807) is 4.90 Å². The van der Waals surface area contributed by atoms with Gasteiger partial charge in [0.2, 0.25) is 5.91 Å². The molecule has 0 atom stereocenters.